The molecule has 0 bridgehead atoms. The maximum Gasteiger partial charge on any atom is 0.283 e. The van der Waals surface area contributed by atoms with Crippen LogP contribution in [-0.2, 0) is 4.79 Å². The van der Waals surface area contributed by atoms with Gasteiger partial charge in [-0.25, -0.2) is 0 Å². The third-order valence-corrected chi connectivity index (χ3v) is 6.95. The van der Waals surface area contributed by atoms with Crippen LogP contribution in [0.1, 0.15) is 17.0 Å². The molecule has 0 saturated carbocycles. The first kappa shape index (κ1) is 20.3. The molecule has 3 heterocycles. The number of carbonyl (C=O) groups excluding carboxylic acids is 1. The fourth-order valence-corrected chi connectivity index (χ4v) is 5.02. The number of hydrazone groups is 1. The number of aryl methyl sites for hydroxylation is 1. The fourth-order valence-electron chi connectivity index (χ4n) is 3.18. The number of thioether (sulfide) groups is 2. The van der Waals surface area contributed by atoms with E-state index in [9.17, 15) is 4.79 Å². The van der Waals surface area contributed by atoms with Crippen LogP contribution in [0.15, 0.2) is 39.9 Å². The SMILES string of the molecule is CSC1=NN2C(=N)/C(=C/c3cc(C)n(-c4ccc(Cl)cc4Cl)c3C)C(=O)N=C2S1. The molecule has 1 aromatic carbocycles. The van der Waals surface area contributed by atoms with Crippen molar-refractivity contribution < 1.29 is 4.79 Å². The number of benzene rings is 1. The number of aliphatic imine (C=N–C) groups is 1. The van der Waals surface area contributed by atoms with Gasteiger partial charge in [0.05, 0.1) is 16.3 Å². The lowest BCUT2D eigenvalue weighted by Gasteiger charge is -2.20. The highest BCUT2D eigenvalue weighted by Crippen LogP contribution is 2.33. The predicted molar refractivity (Wildman–Crippen MR) is 124 cm³/mol. The Hall–Kier alpha value is -2.00. The molecule has 0 atom stereocenters. The Morgan fingerprint density at radius 3 is 2.69 bits per heavy atom. The number of amidine groups is 2. The summed E-state index contributed by atoms with van der Waals surface area (Å²) in [6, 6.07) is 7.27. The summed E-state index contributed by atoms with van der Waals surface area (Å²) >= 11 is 15.2. The molecule has 6 nitrogen and oxygen atoms in total. The number of rotatable bonds is 2. The molecule has 2 aromatic rings. The van der Waals surface area contributed by atoms with Crippen molar-refractivity contribution in [2.45, 2.75) is 13.8 Å². The smallest absolute Gasteiger partial charge is 0.283 e. The summed E-state index contributed by atoms with van der Waals surface area (Å²) in [6.07, 6.45) is 3.58. The molecule has 0 unspecified atom stereocenters. The number of amides is 1. The summed E-state index contributed by atoms with van der Waals surface area (Å²) in [4.78, 5) is 16.7. The number of hydrogen-bond acceptors (Lipinski definition) is 5. The van der Waals surface area contributed by atoms with Gasteiger partial charge in [0, 0.05) is 16.4 Å². The van der Waals surface area contributed by atoms with Gasteiger partial charge in [0.15, 0.2) is 10.2 Å². The van der Waals surface area contributed by atoms with Crippen LogP contribution in [0.3, 0.4) is 0 Å². The summed E-state index contributed by atoms with van der Waals surface area (Å²) < 4.78 is 2.74. The zero-order chi connectivity index (χ0) is 20.9. The third kappa shape index (κ3) is 3.54. The van der Waals surface area contributed by atoms with E-state index in [4.69, 9.17) is 28.6 Å². The Bertz CT molecular complexity index is 1170. The second-order valence-electron chi connectivity index (χ2n) is 6.35. The van der Waals surface area contributed by atoms with Crippen LogP contribution in [0, 0.1) is 19.3 Å². The molecule has 0 spiro atoms. The van der Waals surface area contributed by atoms with Crippen molar-refractivity contribution in [3.8, 4) is 5.69 Å². The topological polar surface area (TPSA) is 73.8 Å². The van der Waals surface area contributed by atoms with E-state index in [1.165, 1.54) is 28.5 Å². The first-order valence-corrected chi connectivity index (χ1v) is 11.3. The van der Waals surface area contributed by atoms with E-state index in [1.807, 2.05) is 36.8 Å². The second kappa shape index (κ2) is 7.68. The van der Waals surface area contributed by atoms with Crippen LogP contribution in [-0.4, -0.2) is 37.1 Å². The molecule has 0 saturated heterocycles. The van der Waals surface area contributed by atoms with Gasteiger partial charge in [-0.1, -0.05) is 23.2 Å². The van der Waals surface area contributed by atoms with Gasteiger partial charge in [0.1, 0.15) is 0 Å². The highest BCUT2D eigenvalue weighted by atomic mass is 35.5. The van der Waals surface area contributed by atoms with E-state index in [1.54, 1.807) is 18.2 Å². The minimum Gasteiger partial charge on any atom is -0.316 e. The predicted octanol–water partition coefficient (Wildman–Crippen LogP) is 5.34. The van der Waals surface area contributed by atoms with Crippen molar-refractivity contribution in [2.75, 3.05) is 6.26 Å². The number of aromatic nitrogens is 1. The third-order valence-electron chi connectivity index (χ3n) is 4.53. The zero-order valence-corrected chi connectivity index (χ0v) is 18.8. The Kier molecular flexibility index (Phi) is 5.37. The van der Waals surface area contributed by atoms with E-state index in [0.717, 1.165) is 27.0 Å². The van der Waals surface area contributed by atoms with Crippen LogP contribution in [0.4, 0.5) is 0 Å². The molecule has 1 N–H and O–H groups in total. The minimum atomic E-state index is -0.444. The lowest BCUT2D eigenvalue weighted by molar-refractivity contribution is -0.114. The lowest BCUT2D eigenvalue weighted by Crippen LogP contribution is -2.35. The number of nitrogens with one attached hydrogen (secondary N) is 1. The van der Waals surface area contributed by atoms with Crippen molar-refractivity contribution >= 4 is 74.1 Å². The van der Waals surface area contributed by atoms with Crippen molar-refractivity contribution in [1.29, 1.82) is 5.41 Å². The number of fused-ring (bicyclic) bond motifs is 1. The molecule has 2 aliphatic rings. The standard InChI is InChI=1S/C19H15Cl2N5OS2/c1-9-6-11(10(2)25(9)15-5-4-12(20)8-14(15)21)7-13-16(22)26-18(23-17(13)27)29-19(24-26)28-3/h4-8,22H,1-3H3/b13-7-,22-16?. The normalized spacial score (nSPS) is 17.7. The fraction of sp³-hybridized carbons (Fsp3) is 0.158. The van der Waals surface area contributed by atoms with Crippen LogP contribution in [0.25, 0.3) is 11.8 Å². The zero-order valence-electron chi connectivity index (χ0n) is 15.7. The van der Waals surface area contributed by atoms with Gasteiger partial charge in [-0.15, -0.1) is 16.9 Å². The first-order chi connectivity index (χ1) is 13.8. The average Bonchev–Trinajstić information content (AvgIpc) is 3.20. The largest absolute Gasteiger partial charge is 0.316 e. The average molecular weight is 464 g/mol. The Morgan fingerprint density at radius 2 is 2.00 bits per heavy atom. The number of hydrogen-bond donors (Lipinski definition) is 1. The van der Waals surface area contributed by atoms with Gasteiger partial charge in [0.2, 0.25) is 5.17 Å². The molecule has 2 aliphatic heterocycles. The molecule has 0 fully saturated rings. The molecule has 1 aromatic heterocycles. The maximum atomic E-state index is 12.6. The molecule has 1 amide bonds. The summed E-state index contributed by atoms with van der Waals surface area (Å²) in [6.45, 7) is 3.89. The first-order valence-electron chi connectivity index (χ1n) is 8.48. The summed E-state index contributed by atoms with van der Waals surface area (Å²) in [5.74, 6) is -0.425. The Labute approximate surface area is 186 Å². The monoisotopic (exact) mass is 463 g/mol. The quantitative estimate of drug-likeness (QED) is 0.609. The van der Waals surface area contributed by atoms with Crippen LogP contribution in [0.2, 0.25) is 10.0 Å². The number of nitrogens with zero attached hydrogens (tertiary/aromatic N) is 4. The summed E-state index contributed by atoms with van der Waals surface area (Å²) in [5, 5.41) is 15.7. The summed E-state index contributed by atoms with van der Waals surface area (Å²) in [7, 11) is 0. The van der Waals surface area contributed by atoms with Crippen molar-refractivity contribution in [3.63, 3.8) is 0 Å². The van der Waals surface area contributed by atoms with E-state index < -0.39 is 5.91 Å². The summed E-state index contributed by atoms with van der Waals surface area (Å²) in [5.41, 5.74) is 3.63. The van der Waals surface area contributed by atoms with Crippen molar-refractivity contribution in [1.82, 2.24) is 9.58 Å². The number of halogens is 2. The van der Waals surface area contributed by atoms with Gasteiger partial charge in [-0.05, 0) is 67.8 Å². The molecule has 29 heavy (non-hydrogen) atoms. The maximum absolute atomic E-state index is 12.6. The minimum absolute atomic E-state index is 0.0193. The van der Waals surface area contributed by atoms with E-state index in [0.29, 0.717) is 15.2 Å². The van der Waals surface area contributed by atoms with Gasteiger partial charge in [0.25, 0.3) is 5.91 Å². The highest BCUT2D eigenvalue weighted by Gasteiger charge is 2.35. The Balaban J connectivity index is 1.77. The molecule has 0 radical (unpaired) electrons. The molecular weight excluding hydrogens is 449 g/mol. The van der Waals surface area contributed by atoms with Gasteiger partial charge >= 0.3 is 0 Å². The van der Waals surface area contributed by atoms with Gasteiger partial charge in [-0.2, -0.15) is 10.0 Å². The van der Waals surface area contributed by atoms with Crippen molar-refractivity contribution in [3.05, 3.63) is 56.8 Å². The van der Waals surface area contributed by atoms with E-state index in [-0.39, 0.29) is 11.4 Å². The second-order valence-corrected chi connectivity index (χ2v) is 9.20. The highest BCUT2D eigenvalue weighted by molar-refractivity contribution is 8.45. The number of carbonyl (C=O) groups is 1. The molecule has 4 rings (SSSR count). The van der Waals surface area contributed by atoms with Crippen LogP contribution in [0.5, 0.6) is 0 Å². The van der Waals surface area contributed by atoms with Crippen molar-refractivity contribution in [2.24, 2.45) is 10.1 Å². The molecule has 148 valence electrons. The Morgan fingerprint density at radius 1 is 1.24 bits per heavy atom. The van der Waals surface area contributed by atoms with E-state index >= 15 is 0 Å². The molecule has 10 heteroatoms. The van der Waals surface area contributed by atoms with Crippen LogP contribution < -0.4 is 0 Å². The van der Waals surface area contributed by atoms with Gasteiger partial charge in [-0.3, -0.25) is 10.2 Å². The van der Waals surface area contributed by atoms with Gasteiger partial charge < -0.3 is 4.57 Å². The lowest BCUT2D eigenvalue weighted by atomic mass is 10.1. The van der Waals surface area contributed by atoms with Crippen LogP contribution >= 0.6 is 46.7 Å². The molecular formula is C19H15Cl2N5OS2. The molecule has 0 aliphatic carbocycles. The van der Waals surface area contributed by atoms with E-state index in [2.05, 4.69) is 10.1 Å².